The number of rotatable bonds is 2. The maximum atomic E-state index is 5.83. The number of morpholine rings is 1. The molecule has 0 N–H and O–H groups in total. The van der Waals surface area contributed by atoms with Crippen LogP contribution in [-0.2, 0) is 4.74 Å². The Morgan fingerprint density at radius 2 is 2.14 bits per heavy atom. The lowest BCUT2D eigenvalue weighted by atomic mass is 10.1. The number of likely N-dealkylation sites (tertiary alicyclic amines) is 1. The van der Waals surface area contributed by atoms with Crippen LogP contribution in [-0.4, -0.2) is 60.8 Å². The Bertz CT molecular complexity index is 196. The topological polar surface area (TPSA) is 15.7 Å². The lowest BCUT2D eigenvalue weighted by Gasteiger charge is -2.36. The number of ether oxygens (including phenoxy) is 1. The molecule has 0 aliphatic carbocycles. The summed E-state index contributed by atoms with van der Waals surface area (Å²) in [7, 11) is 0. The zero-order valence-corrected chi connectivity index (χ0v) is 9.57. The summed E-state index contributed by atoms with van der Waals surface area (Å²) >= 11 is 0. The number of hydrogen-bond acceptors (Lipinski definition) is 3. The standard InChI is InChI=1S/C11H22N2O/c1-4-12-5-6-14-11-8-13(9(2)3)7-10(11)12/h9-11H,4-8H2,1-3H3. The van der Waals surface area contributed by atoms with Gasteiger partial charge in [0.2, 0.25) is 0 Å². The fourth-order valence-corrected chi connectivity index (χ4v) is 2.60. The fourth-order valence-electron chi connectivity index (χ4n) is 2.60. The van der Waals surface area contributed by atoms with Crippen molar-refractivity contribution in [3.8, 4) is 0 Å². The van der Waals surface area contributed by atoms with Crippen molar-refractivity contribution in [2.75, 3.05) is 32.8 Å². The molecule has 14 heavy (non-hydrogen) atoms. The van der Waals surface area contributed by atoms with Gasteiger partial charge in [-0.05, 0) is 20.4 Å². The Kier molecular flexibility index (Phi) is 3.10. The smallest absolute Gasteiger partial charge is 0.0870 e. The number of fused-ring (bicyclic) bond motifs is 1. The molecule has 2 heterocycles. The first-order chi connectivity index (χ1) is 6.72. The van der Waals surface area contributed by atoms with Gasteiger partial charge in [-0.15, -0.1) is 0 Å². The second-order valence-corrected chi connectivity index (χ2v) is 4.65. The van der Waals surface area contributed by atoms with Crippen molar-refractivity contribution in [1.29, 1.82) is 0 Å². The van der Waals surface area contributed by atoms with Gasteiger partial charge >= 0.3 is 0 Å². The van der Waals surface area contributed by atoms with Crippen molar-refractivity contribution in [1.82, 2.24) is 9.80 Å². The molecule has 0 saturated carbocycles. The van der Waals surface area contributed by atoms with Crippen LogP contribution in [0.3, 0.4) is 0 Å². The molecule has 0 spiro atoms. The minimum Gasteiger partial charge on any atom is -0.374 e. The molecule has 0 amide bonds. The average molecular weight is 198 g/mol. The summed E-state index contributed by atoms with van der Waals surface area (Å²) in [5.74, 6) is 0. The summed E-state index contributed by atoms with van der Waals surface area (Å²) in [4.78, 5) is 5.10. The van der Waals surface area contributed by atoms with E-state index in [-0.39, 0.29) is 0 Å². The maximum Gasteiger partial charge on any atom is 0.0870 e. The summed E-state index contributed by atoms with van der Waals surface area (Å²) < 4.78 is 5.83. The van der Waals surface area contributed by atoms with Crippen molar-refractivity contribution in [2.24, 2.45) is 0 Å². The van der Waals surface area contributed by atoms with Gasteiger partial charge in [0.1, 0.15) is 0 Å². The molecule has 0 aromatic rings. The Hall–Kier alpha value is -0.120. The van der Waals surface area contributed by atoms with Crippen molar-refractivity contribution in [3.05, 3.63) is 0 Å². The molecule has 2 saturated heterocycles. The molecule has 2 atom stereocenters. The molecule has 0 radical (unpaired) electrons. The monoisotopic (exact) mass is 198 g/mol. The molecule has 2 fully saturated rings. The van der Waals surface area contributed by atoms with E-state index >= 15 is 0 Å². The molecule has 2 aliphatic heterocycles. The minimum absolute atomic E-state index is 0.464. The van der Waals surface area contributed by atoms with Crippen LogP contribution in [0.4, 0.5) is 0 Å². The molecule has 3 nitrogen and oxygen atoms in total. The van der Waals surface area contributed by atoms with Crippen molar-refractivity contribution >= 4 is 0 Å². The number of hydrogen-bond donors (Lipinski definition) is 0. The van der Waals surface area contributed by atoms with E-state index in [0.717, 1.165) is 26.2 Å². The van der Waals surface area contributed by atoms with Crippen LogP contribution in [0, 0.1) is 0 Å². The summed E-state index contributed by atoms with van der Waals surface area (Å²) in [6.07, 6.45) is 0.464. The summed E-state index contributed by atoms with van der Waals surface area (Å²) in [5, 5.41) is 0. The minimum atomic E-state index is 0.464. The Morgan fingerprint density at radius 3 is 2.79 bits per heavy atom. The van der Waals surface area contributed by atoms with Crippen molar-refractivity contribution in [3.63, 3.8) is 0 Å². The summed E-state index contributed by atoms with van der Waals surface area (Å²) in [6.45, 7) is 12.3. The number of likely N-dealkylation sites (N-methyl/N-ethyl adjacent to an activating group) is 1. The molecule has 0 aromatic carbocycles. The third-order valence-corrected chi connectivity index (χ3v) is 3.58. The quantitative estimate of drug-likeness (QED) is 0.653. The molecule has 3 heteroatoms. The molecule has 2 unspecified atom stereocenters. The molecule has 0 bridgehead atoms. The Morgan fingerprint density at radius 1 is 1.36 bits per heavy atom. The van der Waals surface area contributed by atoms with E-state index in [4.69, 9.17) is 4.74 Å². The highest BCUT2D eigenvalue weighted by Crippen LogP contribution is 2.23. The first-order valence-electron chi connectivity index (χ1n) is 5.82. The van der Waals surface area contributed by atoms with Crippen molar-refractivity contribution < 1.29 is 4.74 Å². The summed E-state index contributed by atoms with van der Waals surface area (Å²) in [5.41, 5.74) is 0. The van der Waals surface area contributed by atoms with Crippen LogP contribution < -0.4 is 0 Å². The van der Waals surface area contributed by atoms with Gasteiger partial charge in [0.25, 0.3) is 0 Å². The lowest BCUT2D eigenvalue weighted by molar-refractivity contribution is -0.0452. The second-order valence-electron chi connectivity index (χ2n) is 4.65. The first-order valence-corrected chi connectivity index (χ1v) is 5.82. The fraction of sp³-hybridized carbons (Fsp3) is 1.00. The molecular weight excluding hydrogens is 176 g/mol. The highest BCUT2D eigenvalue weighted by atomic mass is 16.5. The molecular formula is C11H22N2O. The third-order valence-electron chi connectivity index (χ3n) is 3.58. The maximum absolute atomic E-state index is 5.83. The summed E-state index contributed by atoms with van der Waals surface area (Å²) in [6, 6.07) is 1.30. The lowest BCUT2D eigenvalue weighted by Crippen LogP contribution is -2.50. The van der Waals surface area contributed by atoms with E-state index in [1.165, 1.54) is 6.54 Å². The van der Waals surface area contributed by atoms with E-state index in [1.807, 2.05) is 0 Å². The zero-order valence-electron chi connectivity index (χ0n) is 9.57. The molecule has 2 aliphatic rings. The van der Waals surface area contributed by atoms with Crippen LogP contribution in [0.5, 0.6) is 0 Å². The van der Waals surface area contributed by atoms with Gasteiger partial charge in [0, 0.05) is 31.7 Å². The van der Waals surface area contributed by atoms with Gasteiger partial charge < -0.3 is 4.74 Å². The largest absolute Gasteiger partial charge is 0.374 e. The van der Waals surface area contributed by atoms with Crippen LogP contribution in [0.15, 0.2) is 0 Å². The predicted molar refractivity (Wildman–Crippen MR) is 57.5 cm³/mol. The van der Waals surface area contributed by atoms with E-state index in [1.54, 1.807) is 0 Å². The van der Waals surface area contributed by atoms with E-state index in [2.05, 4.69) is 30.6 Å². The van der Waals surface area contributed by atoms with Gasteiger partial charge in [0.05, 0.1) is 12.7 Å². The van der Waals surface area contributed by atoms with Crippen LogP contribution in [0.1, 0.15) is 20.8 Å². The number of nitrogens with zero attached hydrogens (tertiary/aromatic N) is 2. The van der Waals surface area contributed by atoms with Crippen LogP contribution >= 0.6 is 0 Å². The highest BCUT2D eigenvalue weighted by molar-refractivity contribution is 4.94. The average Bonchev–Trinajstić information content (AvgIpc) is 2.60. The van der Waals surface area contributed by atoms with E-state index in [9.17, 15) is 0 Å². The Labute approximate surface area is 87.0 Å². The molecule has 0 aromatic heterocycles. The first kappa shape index (κ1) is 10.4. The Balaban J connectivity index is 2.00. The van der Waals surface area contributed by atoms with Crippen LogP contribution in [0.25, 0.3) is 0 Å². The van der Waals surface area contributed by atoms with E-state index < -0.39 is 0 Å². The predicted octanol–water partition coefficient (Wildman–Crippen LogP) is 0.800. The van der Waals surface area contributed by atoms with E-state index in [0.29, 0.717) is 18.2 Å². The van der Waals surface area contributed by atoms with Gasteiger partial charge in [-0.2, -0.15) is 0 Å². The molecule has 2 rings (SSSR count). The SMILES string of the molecule is CCN1CCOC2CN(C(C)C)CC21. The van der Waals surface area contributed by atoms with Crippen LogP contribution in [0.2, 0.25) is 0 Å². The third kappa shape index (κ3) is 1.81. The van der Waals surface area contributed by atoms with Gasteiger partial charge in [-0.3, -0.25) is 9.80 Å². The second kappa shape index (κ2) is 4.17. The zero-order chi connectivity index (χ0) is 10.1. The van der Waals surface area contributed by atoms with Crippen molar-refractivity contribution in [2.45, 2.75) is 39.0 Å². The highest BCUT2D eigenvalue weighted by Gasteiger charge is 2.39. The van der Waals surface area contributed by atoms with Gasteiger partial charge in [-0.1, -0.05) is 6.92 Å². The van der Waals surface area contributed by atoms with Gasteiger partial charge in [-0.25, -0.2) is 0 Å². The molecule has 82 valence electrons. The normalized spacial score (nSPS) is 35.1. The van der Waals surface area contributed by atoms with Gasteiger partial charge in [0.15, 0.2) is 0 Å².